The zero-order valence-electron chi connectivity index (χ0n) is 16.8. The summed E-state index contributed by atoms with van der Waals surface area (Å²) in [5, 5.41) is 0. The summed E-state index contributed by atoms with van der Waals surface area (Å²) in [6.07, 6.45) is 1.37. The van der Waals surface area contributed by atoms with E-state index in [1.165, 1.54) is 12.1 Å². The highest BCUT2D eigenvalue weighted by molar-refractivity contribution is 5.99. The zero-order chi connectivity index (χ0) is 21.1. The molecular weight excluding hydrogens is 379 g/mol. The SMILES string of the molecule is CN(C(=O)c1cccc(N2CCCC2=O)c1)C(c1ccccc1)c1ccc(F)cc1. The van der Waals surface area contributed by atoms with Gasteiger partial charge in [0.15, 0.2) is 0 Å². The van der Waals surface area contributed by atoms with Crippen LogP contribution in [-0.4, -0.2) is 30.3 Å². The van der Waals surface area contributed by atoms with Crippen molar-refractivity contribution in [2.45, 2.75) is 18.9 Å². The summed E-state index contributed by atoms with van der Waals surface area (Å²) in [4.78, 5) is 28.9. The number of carbonyl (C=O) groups excluding carboxylic acids is 2. The maximum Gasteiger partial charge on any atom is 0.254 e. The van der Waals surface area contributed by atoms with Gasteiger partial charge in [0, 0.05) is 31.3 Å². The quantitative estimate of drug-likeness (QED) is 0.614. The van der Waals surface area contributed by atoms with Crippen LogP contribution in [0, 0.1) is 5.82 Å². The van der Waals surface area contributed by atoms with E-state index in [0.29, 0.717) is 18.5 Å². The number of hydrogen-bond acceptors (Lipinski definition) is 2. The van der Waals surface area contributed by atoms with Gasteiger partial charge in [0.1, 0.15) is 5.82 Å². The van der Waals surface area contributed by atoms with Gasteiger partial charge in [-0.1, -0.05) is 48.5 Å². The molecule has 3 aromatic carbocycles. The van der Waals surface area contributed by atoms with Crippen LogP contribution in [0.3, 0.4) is 0 Å². The molecule has 1 aliphatic heterocycles. The van der Waals surface area contributed by atoms with Crippen molar-refractivity contribution in [1.29, 1.82) is 0 Å². The third-order valence-electron chi connectivity index (χ3n) is 5.49. The summed E-state index contributed by atoms with van der Waals surface area (Å²) in [5.41, 5.74) is 3.02. The Hall–Kier alpha value is -3.47. The highest BCUT2D eigenvalue weighted by Gasteiger charge is 2.26. The minimum atomic E-state index is -0.364. The van der Waals surface area contributed by atoms with Crippen LogP contribution in [0.15, 0.2) is 78.9 Å². The first-order valence-electron chi connectivity index (χ1n) is 10.0. The van der Waals surface area contributed by atoms with Gasteiger partial charge in [0.25, 0.3) is 5.91 Å². The molecule has 0 bridgehead atoms. The van der Waals surface area contributed by atoms with E-state index in [-0.39, 0.29) is 23.7 Å². The minimum absolute atomic E-state index is 0.0847. The van der Waals surface area contributed by atoms with Crippen molar-refractivity contribution in [3.05, 3.63) is 101 Å². The molecule has 3 aromatic rings. The van der Waals surface area contributed by atoms with Crippen molar-refractivity contribution < 1.29 is 14.0 Å². The van der Waals surface area contributed by atoms with Crippen LogP contribution in [0.2, 0.25) is 0 Å². The van der Waals surface area contributed by atoms with E-state index < -0.39 is 0 Å². The fourth-order valence-electron chi connectivity index (χ4n) is 3.97. The molecule has 152 valence electrons. The fraction of sp³-hybridized carbons (Fsp3) is 0.200. The predicted molar refractivity (Wildman–Crippen MR) is 115 cm³/mol. The van der Waals surface area contributed by atoms with E-state index in [0.717, 1.165) is 23.2 Å². The van der Waals surface area contributed by atoms with Gasteiger partial charge in [0.2, 0.25) is 5.91 Å². The molecule has 1 unspecified atom stereocenters. The second-order valence-electron chi connectivity index (χ2n) is 7.48. The Morgan fingerprint density at radius 3 is 2.33 bits per heavy atom. The summed E-state index contributed by atoms with van der Waals surface area (Å²) in [5.74, 6) is -0.398. The molecule has 0 N–H and O–H groups in total. The van der Waals surface area contributed by atoms with Crippen LogP contribution in [0.1, 0.15) is 40.4 Å². The van der Waals surface area contributed by atoms with E-state index in [1.54, 1.807) is 47.2 Å². The van der Waals surface area contributed by atoms with Crippen LogP contribution in [0.4, 0.5) is 10.1 Å². The highest BCUT2D eigenvalue weighted by Crippen LogP contribution is 2.30. The second kappa shape index (κ2) is 8.49. The summed E-state index contributed by atoms with van der Waals surface area (Å²) in [6.45, 7) is 0.675. The van der Waals surface area contributed by atoms with Gasteiger partial charge in [-0.3, -0.25) is 9.59 Å². The average molecular weight is 402 g/mol. The average Bonchev–Trinajstić information content (AvgIpc) is 3.21. The third-order valence-corrected chi connectivity index (χ3v) is 5.49. The summed E-state index contributed by atoms with van der Waals surface area (Å²) in [7, 11) is 1.75. The number of anilines is 1. The van der Waals surface area contributed by atoms with Crippen LogP contribution in [-0.2, 0) is 4.79 Å². The van der Waals surface area contributed by atoms with Crippen molar-refractivity contribution in [2.75, 3.05) is 18.5 Å². The monoisotopic (exact) mass is 402 g/mol. The Bertz CT molecular complexity index is 1050. The van der Waals surface area contributed by atoms with E-state index in [2.05, 4.69) is 0 Å². The maximum atomic E-state index is 13.5. The van der Waals surface area contributed by atoms with Crippen molar-refractivity contribution >= 4 is 17.5 Å². The van der Waals surface area contributed by atoms with Gasteiger partial charge in [-0.25, -0.2) is 4.39 Å². The molecule has 1 saturated heterocycles. The molecule has 0 aromatic heterocycles. The molecule has 1 heterocycles. The second-order valence-corrected chi connectivity index (χ2v) is 7.48. The molecule has 30 heavy (non-hydrogen) atoms. The molecular formula is C25H23FN2O2. The largest absolute Gasteiger partial charge is 0.331 e. The zero-order valence-corrected chi connectivity index (χ0v) is 16.8. The lowest BCUT2D eigenvalue weighted by atomic mass is 9.96. The number of carbonyl (C=O) groups is 2. The number of hydrogen-bond donors (Lipinski definition) is 0. The first-order valence-corrected chi connectivity index (χ1v) is 10.0. The van der Waals surface area contributed by atoms with Gasteiger partial charge in [0.05, 0.1) is 6.04 Å². The summed E-state index contributed by atoms with van der Waals surface area (Å²) in [6, 6.07) is 22.7. The Kier molecular flexibility index (Phi) is 5.61. The number of halogens is 1. The molecule has 0 saturated carbocycles. The molecule has 0 spiro atoms. The maximum absolute atomic E-state index is 13.5. The van der Waals surface area contributed by atoms with Crippen molar-refractivity contribution in [1.82, 2.24) is 4.90 Å². The Morgan fingerprint density at radius 1 is 0.967 bits per heavy atom. The Balaban J connectivity index is 1.68. The normalized spacial score (nSPS) is 14.6. The molecule has 5 heteroatoms. The molecule has 0 aliphatic carbocycles. The first-order chi connectivity index (χ1) is 14.5. The van der Waals surface area contributed by atoms with E-state index in [4.69, 9.17) is 0 Å². The van der Waals surface area contributed by atoms with Crippen molar-refractivity contribution in [3.63, 3.8) is 0 Å². The van der Waals surface area contributed by atoms with Gasteiger partial charge < -0.3 is 9.80 Å². The van der Waals surface area contributed by atoms with Gasteiger partial charge >= 0.3 is 0 Å². The van der Waals surface area contributed by atoms with Gasteiger partial charge in [-0.05, 0) is 47.9 Å². The first kappa shape index (κ1) is 19.8. The summed E-state index contributed by atoms with van der Waals surface area (Å²) >= 11 is 0. The lowest BCUT2D eigenvalue weighted by molar-refractivity contribution is -0.117. The molecule has 4 nitrogen and oxygen atoms in total. The van der Waals surface area contributed by atoms with Crippen molar-refractivity contribution in [2.24, 2.45) is 0 Å². The van der Waals surface area contributed by atoms with Crippen LogP contribution >= 0.6 is 0 Å². The van der Waals surface area contributed by atoms with Gasteiger partial charge in [-0.15, -0.1) is 0 Å². The standard InChI is InChI=1S/C25H23FN2O2/c1-27(24(18-7-3-2-4-8-18)19-12-14-21(26)15-13-19)25(30)20-9-5-10-22(17-20)28-16-6-11-23(28)29/h2-5,7-10,12-15,17,24H,6,11,16H2,1H3. The van der Waals surface area contributed by atoms with E-state index >= 15 is 0 Å². The number of amides is 2. The van der Waals surface area contributed by atoms with Crippen molar-refractivity contribution in [3.8, 4) is 0 Å². The van der Waals surface area contributed by atoms with Gasteiger partial charge in [-0.2, -0.15) is 0 Å². The lowest BCUT2D eigenvalue weighted by Gasteiger charge is -2.29. The summed E-state index contributed by atoms with van der Waals surface area (Å²) < 4.78 is 13.5. The van der Waals surface area contributed by atoms with E-state index in [9.17, 15) is 14.0 Å². The van der Waals surface area contributed by atoms with Crippen LogP contribution in [0.25, 0.3) is 0 Å². The number of nitrogens with zero attached hydrogens (tertiary/aromatic N) is 2. The molecule has 4 rings (SSSR count). The molecule has 1 aliphatic rings. The van der Waals surface area contributed by atoms with Crippen LogP contribution < -0.4 is 4.90 Å². The van der Waals surface area contributed by atoms with E-state index in [1.807, 2.05) is 36.4 Å². The molecule has 0 radical (unpaired) electrons. The third kappa shape index (κ3) is 3.96. The Morgan fingerprint density at radius 2 is 1.67 bits per heavy atom. The lowest BCUT2D eigenvalue weighted by Crippen LogP contribution is -2.32. The number of rotatable bonds is 5. The van der Waals surface area contributed by atoms with Crippen LogP contribution in [0.5, 0.6) is 0 Å². The molecule has 1 atom stereocenters. The predicted octanol–water partition coefficient (Wildman–Crippen LogP) is 4.81. The molecule has 2 amide bonds. The fourth-order valence-corrected chi connectivity index (χ4v) is 3.97. The Labute approximate surface area is 175 Å². The minimum Gasteiger partial charge on any atom is -0.331 e. The highest BCUT2D eigenvalue weighted by atomic mass is 19.1. The molecule has 1 fully saturated rings. The number of benzene rings is 3. The topological polar surface area (TPSA) is 40.6 Å². The smallest absolute Gasteiger partial charge is 0.254 e.